The first-order chi connectivity index (χ1) is 10.1. The average molecular weight is 353 g/mol. The number of benzene rings is 2. The van der Waals surface area contributed by atoms with Crippen molar-refractivity contribution in [3.63, 3.8) is 0 Å². The van der Waals surface area contributed by atoms with Gasteiger partial charge in [0.25, 0.3) is 5.91 Å². The second-order valence-electron chi connectivity index (χ2n) is 4.24. The molecule has 0 aliphatic heterocycles. The third-order valence-electron chi connectivity index (χ3n) is 2.76. The molecule has 0 heterocycles. The zero-order valence-electron chi connectivity index (χ0n) is 11.1. The summed E-state index contributed by atoms with van der Waals surface area (Å²) in [4.78, 5) is 11.8. The number of hydrogen-bond acceptors (Lipinski definition) is 3. The van der Waals surface area contributed by atoms with Crippen LogP contribution >= 0.6 is 15.9 Å². The minimum atomic E-state index is -0.580. The highest BCUT2D eigenvalue weighted by Crippen LogP contribution is 2.20. The van der Waals surface area contributed by atoms with Crippen molar-refractivity contribution in [2.24, 2.45) is 0 Å². The molecule has 0 radical (unpaired) electrons. The lowest BCUT2D eigenvalue weighted by atomic mass is 10.2. The van der Waals surface area contributed by atoms with Gasteiger partial charge in [0.2, 0.25) is 0 Å². The number of carbonyl (C=O) groups excluding carboxylic acids is 1. The van der Waals surface area contributed by atoms with E-state index in [1.165, 1.54) is 12.1 Å². The van der Waals surface area contributed by atoms with Gasteiger partial charge in [-0.1, -0.05) is 18.2 Å². The fraction of sp³-hybridized carbons (Fsp3) is 0.133. The molecule has 0 unspecified atom stereocenters. The van der Waals surface area contributed by atoms with Crippen LogP contribution in [-0.4, -0.2) is 19.1 Å². The van der Waals surface area contributed by atoms with Gasteiger partial charge in [-0.3, -0.25) is 4.79 Å². The predicted molar refractivity (Wildman–Crippen MR) is 82.8 cm³/mol. The Labute approximate surface area is 130 Å². The van der Waals surface area contributed by atoms with Gasteiger partial charge in [-0.2, -0.15) is 0 Å². The highest BCUT2D eigenvalue weighted by molar-refractivity contribution is 9.10. The van der Waals surface area contributed by atoms with E-state index in [4.69, 9.17) is 10.5 Å². The Bertz CT molecular complexity index is 649. The summed E-state index contributed by atoms with van der Waals surface area (Å²) in [6.45, 7) is 0.495. The van der Waals surface area contributed by atoms with Crippen molar-refractivity contribution in [3.05, 3.63) is 58.3 Å². The van der Waals surface area contributed by atoms with E-state index >= 15 is 0 Å². The van der Waals surface area contributed by atoms with E-state index in [2.05, 4.69) is 21.2 Å². The molecule has 2 aromatic rings. The molecule has 0 fully saturated rings. The van der Waals surface area contributed by atoms with E-state index in [-0.39, 0.29) is 23.2 Å². The van der Waals surface area contributed by atoms with Crippen LogP contribution in [0.3, 0.4) is 0 Å². The fourth-order valence-corrected chi connectivity index (χ4v) is 2.08. The van der Waals surface area contributed by atoms with E-state index in [0.29, 0.717) is 11.4 Å². The van der Waals surface area contributed by atoms with E-state index in [1.54, 1.807) is 30.3 Å². The molecule has 0 saturated heterocycles. The molecule has 0 atom stereocenters. The summed E-state index contributed by atoms with van der Waals surface area (Å²) in [5.74, 6) is -0.512. The van der Waals surface area contributed by atoms with E-state index in [0.717, 1.165) is 0 Å². The van der Waals surface area contributed by atoms with Crippen molar-refractivity contribution in [2.75, 3.05) is 18.9 Å². The lowest BCUT2D eigenvalue weighted by Gasteiger charge is -2.10. The van der Waals surface area contributed by atoms with Crippen molar-refractivity contribution < 1.29 is 13.9 Å². The molecule has 0 aliphatic rings. The van der Waals surface area contributed by atoms with Crippen LogP contribution in [0.4, 0.5) is 10.1 Å². The number of para-hydroxylation sites is 2. The molecule has 0 bridgehead atoms. The molecule has 2 rings (SSSR count). The van der Waals surface area contributed by atoms with Gasteiger partial charge < -0.3 is 15.8 Å². The van der Waals surface area contributed by atoms with Gasteiger partial charge in [0.15, 0.2) is 0 Å². The minimum absolute atomic E-state index is 0.0106. The first-order valence-corrected chi connectivity index (χ1v) is 7.08. The fourth-order valence-electron chi connectivity index (χ4n) is 1.71. The maximum Gasteiger partial charge on any atom is 0.254 e. The van der Waals surface area contributed by atoms with E-state index in [1.807, 2.05) is 0 Å². The molecule has 4 nitrogen and oxygen atoms in total. The lowest BCUT2D eigenvalue weighted by Crippen LogP contribution is -2.28. The van der Waals surface area contributed by atoms with E-state index in [9.17, 15) is 9.18 Å². The summed E-state index contributed by atoms with van der Waals surface area (Å²) in [6, 6.07) is 11.6. The minimum Gasteiger partial charge on any atom is -0.490 e. The SMILES string of the molecule is Nc1ccccc1OCCNC(=O)c1cccc(Br)c1F. The number of anilines is 1. The van der Waals surface area contributed by atoms with Gasteiger partial charge in [0, 0.05) is 0 Å². The molecule has 0 aromatic heterocycles. The number of ether oxygens (including phenoxy) is 1. The van der Waals surface area contributed by atoms with Crippen molar-refractivity contribution in [2.45, 2.75) is 0 Å². The van der Waals surface area contributed by atoms with Crippen molar-refractivity contribution in [1.82, 2.24) is 5.32 Å². The molecule has 0 spiro atoms. The summed E-state index contributed by atoms with van der Waals surface area (Å²) >= 11 is 3.04. The standard InChI is InChI=1S/C15H14BrFN2O2/c16-11-5-3-4-10(14(11)17)15(20)19-8-9-21-13-7-2-1-6-12(13)18/h1-7H,8-9,18H2,(H,19,20). The number of rotatable bonds is 5. The number of carbonyl (C=O) groups is 1. The van der Waals surface area contributed by atoms with Gasteiger partial charge >= 0.3 is 0 Å². The monoisotopic (exact) mass is 352 g/mol. The summed E-state index contributed by atoms with van der Waals surface area (Å²) in [6.07, 6.45) is 0. The summed E-state index contributed by atoms with van der Waals surface area (Å²) in [5, 5.41) is 2.59. The smallest absolute Gasteiger partial charge is 0.254 e. The van der Waals surface area contributed by atoms with Crippen LogP contribution in [-0.2, 0) is 0 Å². The Kier molecular flexibility index (Phi) is 5.16. The number of amides is 1. The van der Waals surface area contributed by atoms with Crippen LogP contribution in [0.25, 0.3) is 0 Å². The molecule has 6 heteroatoms. The molecule has 1 amide bonds. The third kappa shape index (κ3) is 3.95. The van der Waals surface area contributed by atoms with Crippen LogP contribution in [0, 0.1) is 5.82 Å². The molecule has 3 N–H and O–H groups in total. The molecular formula is C15H14BrFN2O2. The summed E-state index contributed by atoms with van der Waals surface area (Å²) < 4.78 is 19.4. The van der Waals surface area contributed by atoms with Gasteiger partial charge in [-0.25, -0.2) is 4.39 Å². The predicted octanol–water partition coefficient (Wildman–Crippen LogP) is 2.98. The number of nitrogen functional groups attached to an aromatic ring is 1. The van der Waals surface area contributed by atoms with Crippen LogP contribution in [0.2, 0.25) is 0 Å². The first kappa shape index (κ1) is 15.3. The number of hydrogen-bond donors (Lipinski definition) is 2. The molecule has 110 valence electrons. The number of halogens is 2. The van der Waals surface area contributed by atoms with Crippen LogP contribution < -0.4 is 15.8 Å². The number of nitrogens with one attached hydrogen (secondary N) is 1. The highest BCUT2D eigenvalue weighted by Gasteiger charge is 2.13. The van der Waals surface area contributed by atoms with Crippen LogP contribution in [0.1, 0.15) is 10.4 Å². The molecule has 0 saturated carbocycles. The zero-order valence-corrected chi connectivity index (χ0v) is 12.7. The quantitative estimate of drug-likeness (QED) is 0.642. The normalized spacial score (nSPS) is 10.2. The van der Waals surface area contributed by atoms with Crippen molar-refractivity contribution in [1.29, 1.82) is 0 Å². The largest absolute Gasteiger partial charge is 0.490 e. The van der Waals surface area contributed by atoms with Crippen LogP contribution in [0.15, 0.2) is 46.9 Å². The Morgan fingerprint density at radius 2 is 2.00 bits per heavy atom. The Morgan fingerprint density at radius 3 is 2.76 bits per heavy atom. The number of nitrogens with two attached hydrogens (primary N) is 1. The first-order valence-electron chi connectivity index (χ1n) is 6.29. The Morgan fingerprint density at radius 1 is 1.24 bits per heavy atom. The van der Waals surface area contributed by atoms with Gasteiger partial charge in [0.05, 0.1) is 22.3 Å². The third-order valence-corrected chi connectivity index (χ3v) is 3.37. The molecule has 0 aliphatic carbocycles. The maximum atomic E-state index is 13.7. The average Bonchev–Trinajstić information content (AvgIpc) is 2.48. The van der Waals surface area contributed by atoms with Gasteiger partial charge in [0.1, 0.15) is 18.2 Å². The maximum absolute atomic E-state index is 13.7. The Balaban J connectivity index is 1.85. The van der Waals surface area contributed by atoms with Crippen molar-refractivity contribution in [3.8, 4) is 5.75 Å². The van der Waals surface area contributed by atoms with Gasteiger partial charge in [-0.05, 0) is 40.2 Å². The summed E-state index contributed by atoms with van der Waals surface area (Å²) in [7, 11) is 0. The second kappa shape index (κ2) is 7.08. The zero-order chi connectivity index (χ0) is 15.2. The molecular weight excluding hydrogens is 339 g/mol. The molecule has 21 heavy (non-hydrogen) atoms. The Hall–Kier alpha value is -2.08. The second-order valence-corrected chi connectivity index (χ2v) is 5.10. The highest BCUT2D eigenvalue weighted by atomic mass is 79.9. The van der Waals surface area contributed by atoms with Crippen LogP contribution in [0.5, 0.6) is 5.75 Å². The summed E-state index contributed by atoms with van der Waals surface area (Å²) in [5.41, 5.74) is 6.24. The van der Waals surface area contributed by atoms with Crippen molar-refractivity contribution >= 4 is 27.5 Å². The van der Waals surface area contributed by atoms with Gasteiger partial charge in [-0.15, -0.1) is 0 Å². The lowest BCUT2D eigenvalue weighted by molar-refractivity contribution is 0.0943. The topological polar surface area (TPSA) is 64.3 Å². The van der Waals surface area contributed by atoms with E-state index < -0.39 is 11.7 Å². The molecule has 2 aromatic carbocycles.